The quantitative estimate of drug-likeness (QED) is 0.660. The van der Waals surface area contributed by atoms with E-state index in [0.717, 1.165) is 10.4 Å². The van der Waals surface area contributed by atoms with Gasteiger partial charge in [-0.05, 0) is 48.8 Å². The van der Waals surface area contributed by atoms with Crippen molar-refractivity contribution in [2.24, 2.45) is 5.92 Å². The summed E-state index contributed by atoms with van der Waals surface area (Å²) in [6.07, 6.45) is 1.06. The van der Waals surface area contributed by atoms with Gasteiger partial charge in [0.2, 0.25) is 5.91 Å². The molecule has 2 aliphatic heterocycles. The van der Waals surface area contributed by atoms with Gasteiger partial charge in [0.25, 0.3) is 5.91 Å². The van der Waals surface area contributed by atoms with Crippen LogP contribution in [0.5, 0.6) is 0 Å². The monoisotopic (exact) mass is 483 g/mol. The van der Waals surface area contributed by atoms with E-state index in [4.69, 9.17) is 4.74 Å². The zero-order valence-corrected chi connectivity index (χ0v) is 20.8. The van der Waals surface area contributed by atoms with E-state index in [-0.39, 0.29) is 35.9 Å². The molecular weight excluding hydrogens is 450 g/mol. The number of amides is 3. The van der Waals surface area contributed by atoms with Crippen LogP contribution >= 0.6 is 11.3 Å². The Balaban J connectivity index is 1.60. The summed E-state index contributed by atoms with van der Waals surface area (Å²) in [5, 5.41) is 5.24. The summed E-state index contributed by atoms with van der Waals surface area (Å²) in [7, 11) is 0. The van der Waals surface area contributed by atoms with Crippen LogP contribution in [0.25, 0.3) is 0 Å². The lowest BCUT2D eigenvalue weighted by atomic mass is 9.80. The van der Waals surface area contributed by atoms with Crippen LogP contribution in [0.4, 0.5) is 4.79 Å². The Morgan fingerprint density at radius 2 is 1.88 bits per heavy atom. The highest BCUT2D eigenvalue weighted by molar-refractivity contribution is 7.10. The highest BCUT2D eigenvalue weighted by Gasteiger charge is 2.45. The summed E-state index contributed by atoms with van der Waals surface area (Å²) < 4.78 is 5.10. The zero-order chi connectivity index (χ0) is 24.2. The number of benzene rings is 1. The zero-order valence-electron chi connectivity index (χ0n) is 20.0. The Labute approximate surface area is 205 Å². The third kappa shape index (κ3) is 4.97. The van der Waals surface area contributed by atoms with Crippen LogP contribution < -0.4 is 5.32 Å². The summed E-state index contributed by atoms with van der Waals surface area (Å²) in [5.41, 5.74) is 1.39. The molecule has 0 radical (unpaired) electrons. The van der Waals surface area contributed by atoms with Gasteiger partial charge in [0, 0.05) is 36.1 Å². The van der Waals surface area contributed by atoms with Crippen LogP contribution in [0.15, 0.2) is 41.8 Å². The van der Waals surface area contributed by atoms with Crippen molar-refractivity contribution in [1.29, 1.82) is 0 Å². The van der Waals surface area contributed by atoms with Crippen LogP contribution in [0.3, 0.4) is 0 Å². The molecule has 1 aromatic heterocycles. The lowest BCUT2D eigenvalue weighted by molar-refractivity contribution is -0.125. The molecule has 3 amide bonds. The number of hydrogen-bond acceptors (Lipinski definition) is 5. The van der Waals surface area contributed by atoms with Gasteiger partial charge in [0.1, 0.15) is 0 Å². The van der Waals surface area contributed by atoms with E-state index in [1.54, 1.807) is 23.2 Å². The van der Waals surface area contributed by atoms with Gasteiger partial charge in [0.05, 0.1) is 18.6 Å². The Hall–Kier alpha value is -2.87. The van der Waals surface area contributed by atoms with Gasteiger partial charge in [0.15, 0.2) is 0 Å². The molecule has 1 aromatic carbocycles. The van der Waals surface area contributed by atoms with Crippen molar-refractivity contribution >= 4 is 29.2 Å². The van der Waals surface area contributed by atoms with Gasteiger partial charge in [-0.15, -0.1) is 11.3 Å². The first-order valence-corrected chi connectivity index (χ1v) is 12.9. The fraction of sp³-hybridized carbons (Fsp3) is 0.500. The van der Waals surface area contributed by atoms with Crippen LogP contribution in [-0.4, -0.2) is 60.0 Å². The van der Waals surface area contributed by atoms with Gasteiger partial charge in [-0.2, -0.15) is 0 Å². The molecule has 8 heteroatoms. The number of ether oxygens (including phenoxy) is 1. The molecule has 0 unspecified atom stereocenters. The minimum atomic E-state index is -0.491. The van der Waals surface area contributed by atoms with Crippen molar-refractivity contribution in [3.8, 4) is 0 Å². The Morgan fingerprint density at radius 3 is 2.53 bits per heavy atom. The molecule has 1 saturated heterocycles. The molecule has 2 aliphatic rings. The van der Waals surface area contributed by atoms with E-state index in [1.165, 1.54) is 0 Å². The van der Waals surface area contributed by atoms with Gasteiger partial charge in [-0.1, -0.05) is 38.1 Å². The second-order valence-electron chi connectivity index (χ2n) is 9.35. The van der Waals surface area contributed by atoms with Gasteiger partial charge in [-0.3, -0.25) is 9.59 Å². The predicted octanol–water partition coefficient (Wildman–Crippen LogP) is 4.42. The minimum absolute atomic E-state index is 0.0190. The summed E-state index contributed by atoms with van der Waals surface area (Å²) in [6.45, 7) is 8.01. The Kier molecular flexibility index (Phi) is 7.56. The van der Waals surface area contributed by atoms with Crippen LogP contribution in [-0.2, 0) is 9.53 Å². The first-order chi connectivity index (χ1) is 16.4. The van der Waals surface area contributed by atoms with Gasteiger partial charge >= 0.3 is 6.09 Å². The van der Waals surface area contributed by atoms with Crippen LogP contribution in [0, 0.1) is 5.92 Å². The van der Waals surface area contributed by atoms with E-state index < -0.39 is 5.92 Å². The van der Waals surface area contributed by atoms with Gasteiger partial charge < -0.3 is 19.9 Å². The molecule has 1 N–H and O–H groups in total. The number of likely N-dealkylation sites (tertiary alicyclic amines) is 1. The number of nitrogens with zero attached hydrogens (tertiary/aromatic N) is 2. The number of hydrogen-bond donors (Lipinski definition) is 1. The van der Waals surface area contributed by atoms with Crippen molar-refractivity contribution in [2.45, 2.75) is 51.6 Å². The van der Waals surface area contributed by atoms with Gasteiger partial charge in [-0.25, -0.2) is 4.79 Å². The normalized spacial score (nSPS) is 20.9. The number of carbonyl (C=O) groups excluding carboxylic acids is 3. The molecule has 0 aliphatic carbocycles. The van der Waals surface area contributed by atoms with E-state index in [1.807, 2.05) is 46.7 Å². The smallest absolute Gasteiger partial charge is 0.409 e. The number of fused-ring (bicyclic) bond motifs is 1. The average molecular weight is 484 g/mol. The minimum Gasteiger partial charge on any atom is -0.450 e. The first-order valence-electron chi connectivity index (χ1n) is 12.1. The summed E-state index contributed by atoms with van der Waals surface area (Å²) in [5.74, 6) is -0.307. The molecule has 7 nitrogen and oxygen atoms in total. The van der Waals surface area contributed by atoms with Crippen LogP contribution in [0.2, 0.25) is 0 Å². The largest absolute Gasteiger partial charge is 0.450 e. The fourth-order valence-electron chi connectivity index (χ4n) is 4.96. The highest BCUT2D eigenvalue weighted by atomic mass is 32.1. The average Bonchev–Trinajstić information content (AvgIpc) is 3.35. The Morgan fingerprint density at radius 1 is 1.15 bits per heavy atom. The summed E-state index contributed by atoms with van der Waals surface area (Å²) in [4.78, 5) is 44.0. The maximum atomic E-state index is 13.8. The third-order valence-corrected chi connectivity index (χ3v) is 7.43. The number of thiophene rings is 1. The molecule has 3 heterocycles. The second-order valence-corrected chi connectivity index (χ2v) is 10.3. The number of carbonyl (C=O) groups is 3. The molecule has 4 rings (SSSR count). The van der Waals surface area contributed by atoms with Crippen LogP contribution in [0.1, 0.15) is 66.4 Å². The van der Waals surface area contributed by atoms with E-state index in [0.29, 0.717) is 44.6 Å². The predicted molar refractivity (Wildman–Crippen MR) is 132 cm³/mol. The molecular formula is C26H33N3O4S. The lowest BCUT2D eigenvalue weighted by Crippen LogP contribution is -2.51. The molecule has 34 heavy (non-hydrogen) atoms. The molecule has 0 saturated carbocycles. The maximum Gasteiger partial charge on any atom is 0.409 e. The molecule has 2 aromatic rings. The van der Waals surface area contributed by atoms with Crippen molar-refractivity contribution in [3.63, 3.8) is 0 Å². The standard InChI is InChI=1S/C26H33N3O4S/c1-4-33-26(32)28-13-11-18(12-14-28)27-24(30)22-19-8-5-6-9-20(19)25(31)29(16-17(2)3)23(22)21-10-7-15-34-21/h5-10,15,17-18,22-23H,4,11-14,16H2,1-3H3,(H,27,30)/t22-,23+/m0/s1. The van der Waals surface area contributed by atoms with Crippen molar-refractivity contribution in [3.05, 3.63) is 57.8 Å². The first kappa shape index (κ1) is 24.3. The maximum absolute atomic E-state index is 13.8. The third-order valence-electron chi connectivity index (χ3n) is 6.48. The van der Waals surface area contributed by atoms with E-state index in [2.05, 4.69) is 19.2 Å². The van der Waals surface area contributed by atoms with Crippen molar-refractivity contribution < 1.29 is 19.1 Å². The summed E-state index contributed by atoms with van der Waals surface area (Å²) in [6, 6.07) is 11.1. The topological polar surface area (TPSA) is 79.0 Å². The Bertz CT molecular complexity index is 1010. The molecule has 182 valence electrons. The molecule has 0 bridgehead atoms. The fourth-order valence-corrected chi connectivity index (χ4v) is 5.83. The lowest BCUT2D eigenvalue weighted by Gasteiger charge is -2.42. The van der Waals surface area contributed by atoms with Crippen molar-refractivity contribution in [2.75, 3.05) is 26.2 Å². The number of piperidine rings is 1. The summed E-state index contributed by atoms with van der Waals surface area (Å²) >= 11 is 1.58. The highest BCUT2D eigenvalue weighted by Crippen LogP contribution is 2.44. The number of nitrogens with one attached hydrogen (secondary N) is 1. The van der Waals surface area contributed by atoms with E-state index in [9.17, 15) is 14.4 Å². The molecule has 0 spiro atoms. The molecule has 2 atom stereocenters. The second kappa shape index (κ2) is 10.6. The molecule has 1 fully saturated rings. The number of rotatable bonds is 6. The SMILES string of the molecule is CCOC(=O)N1CCC(NC(=O)[C@H]2c3ccccc3C(=O)N(CC(C)C)[C@@H]2c2cccs2)CC1. The van der Waals surface area contributed by atoms with E-state index >= 15 is 0 Å². The van der Waals surface area contributed by atoms with Crippen molar-refractivity contribution in [1.82, 2.24) is 15.1 Å².